The van der Waals surface area contributed by atoms with Crippen LogP contribution in [0.1, 0.15) is 30.9 Å². The minimum absolute atomic E-state index is 0.0975. The lowest BCUT2D eigenvalue weighted by Gasteiger charge is -2.29. The molecule has 2 aromatic rings. The van der Waals surface area contributed by atoms with Gasteiger partial charge in [-0.2, -0.15) is 0 Å². The Labute approximate surface area is 181 Å². The number of ether oxygens (including phenoxy) is 1. The maximum Gasteiger partial charge on any atom is 0.238 e. The van der Waals surface area contributed by atoms with E-state index in [9.17, 15) is 9.59 Å². The van der Waals surface area contributed by atoms with Gasteiger partial charge in [0, 0.05) is 17.9 Å². The van der Waals surface area contributed by atoms with Crippen molar-refractivity contribution in [2.75, 3.05) is 32.1 Å². The van der Waals surface area contributed by atoms with Crippen molar-refractivity contribution in [3.8, 4) is 5.75 Å². The van der Waals surface area contributed by atoms with E-state index in [1.165, 1.54) is 24.6 Å². The third-order valence-electron chi connectivity index (χ3n) is 5.65. The minimum atomic E-state index is -0.411. The standard InChI is InChI=1S/C23H27N3O3S/c1-29-17-10-8-16(9-11-17)19(26-12-4-5-13-26)15-24-22(27)14-21-23(28)25-18-6-2-3-7-20(18)30-21/h2-3,6-11,19,21H,4-5,12-15H2,1H3,(H,24,27)(H,25,28)/t19-,21-/m0/s1. The highest BCUT2D eigenvalue weighted by molar-refractivity contribution is 8.01. The summed E-state index contributed by atoms with van der Waals surface area (Å²) >= 11 is 1.46. The van der Waals surface area contributed by atoms with Gasteiger partial charge in [-0.15, -0.1) is 11.8 Å². The number of hydrogen-bond acceptors (Lipinski definition) is 5. The van der Waals surface area contributed by atoms with Crippen molar-refractivity contribution in [3.05, 3.63) is 54.1 Å². The number of para-hydroxylation sites is 1. The van der Waals surface area contributed by atoms with Crippen LogP contribution in [0.3, 0.4) is 0 Å². The number of rotatable bonds is 7. The Morgan fingerprint density at radius 1 is 1.20 bits per heavy atom. The number of hydrogen-bond donors (Lipinski definition) is 2. The summed E-state index contributed by atoms with van der Waals surface area (Å²) in [5.41, 5.74) is 1.98. The van der Waals surface area contributed by atoms with Gasteiger partial charge in [0.1, 0.15) is 5.75 Å². The van der Waals surface area contributed by atoms with Crippen LogP contribution in [0.25, 0.3) is 0 Å². The summed E-state index contributed by atoms with van der Waals surface area (Å²) < 4.78 is 5.27. The molecule has 7 heteroatoms. The number of carbonyl (C=O) groups excluding carboxylic acids is 2. The van der Waals surface area contributed by atoms with E-state index in [2.05, 4.69) is 27.7 Å². The fraction of sp³-hybridized carbons (Fsp3) is 0.391. The van der Waals surface area contributed by atoms with Crippen molar-refractivity contribution in [1.29, 1.82) is 0 Å². The van der Waals surface area contributed by atoms with Gasteiger partial charge in [-0.3, -0.25) is 14.5 Å². The number of likely N-dealkylation sites (tertiary alicyclic amines) is 1. The molecule has 1 saturated heterocycles. The Bertz CT molecular complexity index is 897. The maximum atomic E-state index is 12.7. The molecule has 0 spiro atoms. The van der Waals surface area contributed by atoms with Crippen LogP contribution in [0.2, 0.25) is 0 Å². The number of benzene rings is 2. The number of thioether (sulfide) groups is 1. The summed E-state index contributed by atoms with van der Waals surface area (Å²) in [4.78, 5) is 28.5. The van der Waals surface area contributed by atoms with Gasteiger partial charge in [-0.25, -0.2) is 0 Å². The predicted octanol–water partition coefficient (Wildman–Crippen LogP) is 3.45. The van der Waals surface area contributed by atoms with Crippen molar-refractivity contribution < 1.29 is 14.3 Å². The zero-order chi connectivity index (χ0) is 20.9. The predicted molar refractivity (Wildman–Crippen MR) is 119 cm³/mol. The van der Waals surface area contributed by atoms with Crippen molar-refractivity contribution in [2.24, 2.45) is 0 Å². The molecule has 0 unspecified atom stereocenters. The van der Waals surface area contributed by atoms with Crippen molar-refractivity contribution >= 4 is 29.3 Å². The molecule has 6 nitrogen and oxygen atoms in total. The second-order valence-corrected chi connectivity index (χ2v) is 8.88. The van der Waals surface area contributed by atoms with Gasteiger partial charge < -0.3 is 15.4 Å². The largest absolute Gasteiger partial charge is 0.497 e. The fourth-order valence-electron chi connectivity index (χ4n) is 4.02. The second-order valence-electron chi connectivity index (χ2n) is 7.63. The lowest BCUT2D eigenvalue weighted by molar-refractivity contribution is -0.124. The average molecular weight is 426 g/mol. The van der Waals surface area contributed by atoms with Crippen LogP contribution in [0.5, 0.6) is 5.75 Å². The van der Waals surface area contributed by atoms with E-state index in [4.69, 9.17) is 4.74 Å². The Balaban J connectivity index is 1.38. The Morgan fingerprint density at radius 2 is 1.93 bits per heavy atom. The van der Waals surface area contributed by atoms with E-state index in [1.54, 1.807) is 7.11 Å². The summed E-state index contributed by atoms with van der Waals surface area (Å²) in [5, 5.41) is 5.56. The molecular formula is C23H27N3O3S. The minimum Gasteiger partial charge on any atom is -0.497 e. The topological polar surface area (TPSA) is 70.7 Å². The highest BCUT2D eigenvalue weighted by Crippen LogP contribution is 2.36. The number of nitrogens with one attached hydrogen (secondary N) is 2. The summed E-state index contributed by atoms with van der Waals surface area (Å²) in [5.74, 6) is 0.614. The number of carbonyl (C=O) groups is 2. The van der Waals surface area contributed by atoms with Gasteiger partial charge in [0.05, 0.1) is 24.1 Å². The lowest BCUT2D eigenvalue weighted by Crippen LogP contribution is -2.39. The molecule has 158 valence electrons. The zero-order valence-corrected chi connectivity index (χ0v) is 17.9. The second kappa shape index (κ2) is 9.53. The first-order chi connectivity index (χ1) is 14.6. The molecule has 0 radical (unpaired) electrons. The molecule has 0 saturated carbocycles. The van der Waals surface area contributed by atoms with Crippen molar-refractivity contribution in [2.45, 2.75) is 35.4 Å². The maximum absolute atomic E-state index is 12.7. The number of amides is 2. The molecule has 4 rings (SSSR count). The average Bonchev–Trinajstić information content (AvgIpc) is 3.29. The van der Waals surface area contributed by atoms with E-state index in [0.717, 1.165) is 35.0 Å². The number of fused-ring (bicyclic) bond motifs is 1. The highest BCUT2D eigenvalue weighted by atomic mass is 32.2. The smallest absolute Gasteiger partial charge is 0.238 e. The Hall–Kier alpha value is -2.51. The van der Waals surface area contributed by atoms with Gasteiger partial charge >= 0.3 is 0 Å². The zero-order valence-electron chi connectivity index (χ0n) is 17.1. The molecule has 0 aromatic heterocycles. The first-order valence-electron chi connectivity index (χ1n) is 10.4. The van der Waals surface area contributed by atoms with Crippen molar-refractivity contribution in [1.82, 2.24) is 10.2 Å². The van der Waals surface area contributed by atoms with Crippen LogP contribution < -0.4 is 15.4 Å². The lowest BCUT2D eigenvalue weighted by atomic mass is 10.0. The van der Waals surface area contributed by atoms with E-state index in [0.29, 0.717) is 6.54 Å². The summed E-state index contributed by atoms with van der Waals surface area (Å²) in [6, 6.07) is 15.9. The first kappa shape index (κ1) is 20.8. The van der Waals surface area contributed by atoms with Crippen LogP contribution in [-0.2, 0) is 9.59 Å². The third-order valence-corrected chi connectivity index (χ3v) is 6.93. The molecule has 2 N–H and O–H groups in total. The van der Waals surface area contributed by atoms with Crippen LogP contribution in [-0.4, -0.2) is 48.7 Å². The molecule has 2 amide bonds. The van der Waals surface area contributed by atoms with Gasteiger partial charge in [0.2, 0.25) is 11.8 Å². The van der Waals surface area contributed by atoms with Gasteiger partial charge in [-0.1, -0.05) is 24.3 Å². The fourth-order valence-corrected chi connectivity index (χ4v) is 5.13. The van der Waals surface area contributed by atoms with E-state index in [1.807, 2.05) is 36.4 Å². The quantitative estimate of drug-likeness (QED) is 0.711. The molecular weight excluding hydrogens is 398 g/mol. The monoisotopic (exact) mass is 425 g/mol. The van der Waals surface area contributed by atoms with E-state index < -0.39 is 5.25 Å². The normalized spacial score (nSPS) is 19.6. The summed E-state index contributed by atoms with van der Waals surface area (Å²) in [7, 11) is 1.66. The molecule has 2 heterocycles. The van der Waals surface area contributed by atoms with Crippen LogP contribution in [0.15, 0.2) is 53.4 Å². The summed E-state index contributed by atoms with van der Waals surface area (Å²) in [6.45, 7) is 2.59. The van der Waals surface area contributed by atoms with Crippen LogP contribution >= 0.6 is 11.8 Å². The number of nitrogens with zero attached hydrogens (tertiary/aromatic N) is 1. The molecule has 1 fully saturated rings. The third kappa shape index (κ3) is 4.79. The van der Waals surface area contributed by atoms with Crippen LogP contribution in [0, 0.1) is 0 Å². The highest BCUT2D eigenvalue weighted by Gasteiger charge is 2.30. The summed E-state index contributed by atoms with van der Waals surface area (Å²) in [6.07, 6.45) is 2.53. The molecule has 2 aromatic carbocycles. The number of methoxy groups -OCH3 is 1. The SMILES string of the molecule is COc1ccc([C@H](CNC(=O)C[C@@H]2Sc3ccccc3NC2=O)N2CCCC2)cc1. The molecule has 0 aliphatic carbocycles. The Morgan fingerprint density at radius 3 is 2.67 bits per heavy atom. The van der Waals surface area contributed by atoms with Crippen molar-refractivity contribution in [3.63, 3.8) is 0 Å². The number of anilines is 1. The van der Waals surface area contributed by atoms with E-state index in [-0.39, 0.29) is 24.3 Å². The molecule has 2 aliphatic rings. The first-order valence-corrected chi connectivity index (χ1v) is 11.2. The molecule has 0 bridgehead atoms. The van der Waals surface area contributed by atoms with Gasteiger partial charge in [-0.05, 0) is 55.8 Å². The molecule has 2 atom stereocenters. The Kier molecular flexibility index (Phi) is 6.59. The van der Waals surface area contributed by atoms with E-state index >= 15 is 0 Å². The van der Waals surface area contributed by atoms with Gasteiger partial charge in [0.25, 0.3) is 0 Å². The molecule has 30 heavy (non-hydrogen) atoms. The molecule has 2 aliphatic heterocycles. The van der Waals surface area contributed by atoms with Crippen LogP contribution in [0.4, 0.5) is 5.69 Å². The van der Waals surface area contributed by atoms with Gasteiger partial charge in [0.15, 0.2) is 0 Å².